The van der Waals surface area contributed by atoms with Crippen LogP contribution in [0.1, 0.15) is 10.4 Å². The molecule has 0 heterocycles. The number of carboxylic acids is 1. The Bertz CT molecular complexity index is 540. The van der Waals surface area contributed by atoms with E-state index in [1.165, 1.54) is 17.8 Å². The van der Waals surface area contributed by atoms with E-state index in [4.69, 9.17) is 10.8 Å². The van der Waals surface area contributed by atoms with E-state index in [2.05, 4.69) is 0 Å². The van der Waals surface area contributed by atoms with Crippen molar-refractivity contribution in [2.24, 2.45) is 0 Å². The Morgan fingerprint density at radius 2 is 1.82 bits per heavy atom. The third-order valence-electron chi connectivity index (χ3n) is 2.21. The molecule has 2 aromatic rings. The van der Waals surface area contributed by atoms with Crippen molar-refractivity contribution in [3.05, 3.63) is 54.1 Å². The molecule has 4 heteroatoms. The highest BCUT2D eigenvalue weighted by Crippen LogP contribution is 2.31. The molecule has 2 rings (SSSR count). The molecule has 0 radical (unpaired) electrons. The highest BCUT2D eigenvalue weighted by molar-refractivity contribution is 7.99. The number of nitrogens with two attached hydrogens (primary N) is 1. The molecule has 86 valence electrons. The first-order valence-corrected chi connectivity index (χ1v) is 5.84. The highest BCUT2D eigenvalue weighted by atomic mass is 32.2. The van der Waals surface area contributed by atoms with E-state index in [1.54, 1.807) is 12.1 Å². The number of carbonyl (C=O) groups is 1. The summed E-state index contributed by atoms with van der Waals surface area (Å²) >= 11 is 1.41. The van der Waals surface area contributed by atoms with Crippen molar-refractivity contribution in [3.63, 3.8) is 0 Å². The largest absolute Gasteiger partial charge is 0.478 e. The molecule has 0 saturated heterocycles. The van der Waals surface area contributed by atoms with Crippen molar-refractivity contribution in [3.8, 4) is 0 Å². The monoisotopic (exact) mass is 245 g/mol. The molecule has 0 aliphatic heterocycles. The van der Waals surface area contributed by atoms with E-state index in [0.717, 1.165) is 4.90 Å². The summed E-state index contributed by atoms with van der Waals surface area (Å²) in [6.07, 6.45) is 0. The van der Waals surface area contributed by atoms with Gasteiger partial charge in [0, 0.05) is 15.5 Å². The fourth-order valence-electron chi connectivity index (χ4n) is 1.42. The first-order valence-electron chi connectivity index (χ1n) is 5.02. The number of hydrogen-bond donors (Lipinski definition) is 2. The zero-order valence-electron chi connectivity index (χ0n) is 8.96. The molecule has 0 aliphatic carbocycles. The van der Waals surface area contributed by atoms with Crippen LogP contribution in [0, 0.1) is 0 Å². The molecular weight excluding hydrogens is 234 g/mol. The molecule has 3 nitrogen and oxygen atoms in total. The Morgan fingerprint density at radius 1 is 1.12 bits per heavy atom. The minimum Gasteiger partial charge on any atom is -0.478 e. The fraction of sp³-hybridized carbons (Fsp3) is 0. The lowest BCUT2D eigenvalue weighted by Crippen LogP contribution is -2.00. The Morgan fingerprint density at radius 3 is 2.47 bits per heavy atom. The summed E-state index contributed by atoms with van der Waals surface area (Å²) in [6.45, 7) is 0. The van der Waals surface area contributed by atoms with Gasteiger partial charge in [0.1, 0.15) is 0 Å². The van der Waals surface area contributed by atoms with E-state index < -0.39 is 5.97 Å². The lowest BCUT2D eigenvalue weighted by Gasteiger charge is -2.06. The van der Waals surface area contributed by atoms with Crippen molar-refractivity contribution < 1.29 is 9.90 Å². The number of carboxylic acid groups (broad SMARTS) is 1. The maximum absolute atomic E-state index is 11.1. The lowest BCUT2D eigenvalue weighted by atomic mass is 10.2. The molecule has 0 unspecified atom stereocenters. The first kappa shape index (κ1) is 11.5. The molecule has 0 amide bonds. The standard InChI is InChI=1S/C13H11NO2S/c14-9-6-7-12(11(8-9)13(15)16)17-10-4-2-1-3-5-10/h1-8H,14H2,(H,15,16). The molecule has 3 N–H and O–H groups in total. The summed E-state index contributed by atoms with van der Waals surface area (Å²) in [5.74, 6) is -0.962. The summed E-state index contributed by atoms with van der Waals surface area (Å²) < 4.78 is 0. The Labute approximate surface area is 103 Å². The maximum Gasteiger partial charge on any atom is 0.336 e. The van der Waals surface area contributed by atoms with Crippen LogP contribution in [-0.4, -0.2) is 11.1 Å². The number of anilines is 1. The van der Waals surface area contributed by atoms with Gasteiger partial charge >= 0.3 is 5.97 Å². The van der Waals surface area contributed by atoms with Crippen molar-refractivity contribution in [1.82, 2.24) is 0 Å². The van der Waals surface area contributed by atoms with Gasteiger partial charge in [-0.25, -0.2) is 4.79 Å². The normalized spacial score (nSPS) is 10.1. The topological polar surface area (TPSA) is 63.3 Å². The average molecular weight is 245 g/mol. The van der Waals surface area contributed by atoms with E-state index in [9.17, 15) is 4.79 Å². The molecule has 0 aromatic heterocycles. The van der Waals surface area contributed by atoms with Gasteiger partial charge in [-0.2, -0.15) is 0 Å². The summed E-state index contributed by atoms with van der Waals surface area (Å²) in [4.78, 5) is 12.8. The molecule has 0 bridgehead atoms. The van der Waals surface area contributed by atoms with E-state index in [0.29, 0.717) is 10.6 Å². The lowest BCUT2D eigenvalue weighted by molar-refractivity contribution is 0.0693. The van der Waals surface area contributed by atoms with Crippen LogP contribution in [0.25, 0.3) is 0 Å². The summed E-state index contributed by atoms with van der Waals surface area (Å²) in [5, 5.41) is 9.10. The van der Waals surface area contributed by atoms with Gasteiger partial charge in [0.2, 0.25) is 0 Å². The van der Waals surface area contributed by atoms with Crippen LogP contribution in [0.2, 0.25) is 0 Å². The second-order valence-electron chi connectivity index (χ2n) is 3.48. The van der Waals surface area contributed by atoms with Crippen molar-refractivity contribution in [2.75, 3.05) is 5.73 Å². The fourth-order valence-corrected chi connectivity index (χ4v) is 2.36. The Balaban J connectivity index is 2.36. The van der Waals surface area contributed by atoms with Crippen molar-refractivity contribution >= 4 is 23.4 Å². The van der Waals surface area contributed by atoms with Gasteiger partial charge in [-0.1, -0.05) is 30.0 Å². The van der Waals surface area contributed by atoms with Crippen LogP contribution >= 0.6 is 11.8 Å². The summed E-state index contributed by atoms with van der Waals surface area (Å²) in [7, 11) is 0. The first-order chi connectivity index (χ1) is 8.16. The van der Waals surface area contributed by atoms with Gasteiger partial charge in [-0.3, -0.25) is 0 Å². The number of benzene rings is 2. The quantitative estimate of drug-likeness (QED) is 0.815. The van der Waals surface area contributed by atoms with Gasteiger partial charge in [-0.15, -0.1) is 0 Å². The maximum atomic E-state index is 11.1. The third kappa shape index (κ3) is 2.79. The highest BCUT2D eigenvalue weighted by Gasteiger charge is 2.11. The van der Waals surface area contributed by atoms with Crippen LogP contribution < -0.4 is 5.73 Å². The smallest absolute Gasteiger partial charge is 0.336 e. The molecular formula is C13H11NO2S. The predicted octanol–water partition coefficient (Wildman–Crippen LogP) is 3.12. The molecule has 17 heavy (non-hydrogen) atoms. The molecule has 0 spiro atoms. The van der Waals surface area contributed by atoms with E-state index in [1.807, 2.05) is 30.3 Å². The number of aromatic carboxylic acids is 1. The van der Waals surface area contributed by atoms with Crippen LogP contribution in [-0.2, 0) is 0 Å². The van der Waals surface area contributed by atoms with Gasteiger partial charge < -0.3 is 10.8 Å². The molecule has 0 saturated carbocycles. The van der Waals surface area contributed by atoms with Gasteiger partial charge in [0.05, 0.1) is 5.56 Å². The SMILES string of the molecule is Nc1ccc(Sc2ccccc2)c(C(=O)O)c1. The van der Waals surface area contributed by atoms with Crippen molar-refractivity contribution in [2.45, 2.75) is 9.79 Å². The summed E-state index contributed by atoms with van der Waals surface area (Å²) in [6, 6.07) is 14.5. The number of rotatable bonds is 3. The van der Waals surface area contributed by atoms with Crippen LogP contribution in [0.5, 0.6) is 0 Å². The zero-order valence-corrected chi connectivity index (χ0v) is 9.78. The summed E-state index contributed by atoms with van der Waals surface area (Å²) in [5.41, 5.74) is 6.28. The Kier molecular flexibility index (Phi) is 3.35. The van der Waals surface area contributed by atoms with Crippen LogP contribution in [0.15, 0.2) is 58.3 Å². The predicted molar refractivity (Wildman–Crippen MR) is 68.4 cm³/mol. The average Bonchev–Trinajstić information content (AvgIpc) is 2.32. The van der Waals surface area contributed by atoms with E-state index >= 15 is 0 Å². The van der Waals surface area contributed by atoms with Gasteiger partial charge in [0.25, 0.3) is 0 Å². The van der Waals surface area contributed by atoms with Crippen LogP contribution in [0.3, 0.4) is 0 Å². The second kappa shape index (κ2) is 4.93. The zero-order chi connectivity index (χ0) is 12.3. The van der Waals surface area contributed by atoms with Crippen molar-refractivity contribution in [1.29, 1.82) is 0 Å². The number of hydrogen-bond acceptors (Lipinski definition) is 3. The molecule has 0 atom stereocenters. The van der Waals surface area contributed by atoms with E-state index in [-0.39, 0.29) is 5.56 Å². The Hall–Kier alpha value is -1.94. The molecule has 0 aliphatic rings. The minimum absolute atomic E-state index is 0.235. The molecule has 2 aromatic carbocycles. The number of nitrogen functional groups attached to an aromatic ring is 1. The van der Waals surface area contributed by atoms with Gasteiger partial charge in [0.15, 0.2) is 0 Å². The minimum atomic E-state index is -0.962. The van der Waals surface area contributed by atoms with Crippen LogP contribution in [0.4, 0.5) is 5.69 Å². The second-order valence-corrected chi connectivity index (χ2v) is 4.59. The third-order valence-corrected chi connectivity index (χ3v) is 3.29. The van der Waals surface area contributed by atoms with Gasteiger partial charge in [-0.05, 0) is 30.3 Å². The molecule has 0 fully saturated rings.